The summed E-state index contributed by atoms with van der Waals surface area (Å²) in [7, 11) is 0. The second-order valence-electron chi connectivity index (χ2n) is 9.65. The van der Waals surface area contributed by atoms with Gasteiger partial charge in [-0.3, -0.25) is 4.79 Å². The van der Waals surface area contributed by atoms with Crippen LogP contribution in [0.4, 0.5) is 10.1 Å². The maximum Gasteiger partial charge on any atom is 0.251 e. The van der Waals surface area contributed by atoms with Gasteiger partial charge in [0.1, 0.15) is 40.1 Å². The van der Waals surface area contributed by atoms with Crippen molar-refractivity contribution in [2.24, 2.45) is 0 Å². The molecule has 41 heavy (non-hydrogen) atoms. The third-order valence-electron chi connectivity index (χ3n) is 6.66. The first kappa shape index (κ1) is 26.9. The molecule has 6 rings (SSSR count). The van der Waals surface area contributed by atoms with E-state index in [1.807, 2.05) is 19.1 Å². The minimum absolute atomic E-state index is 0.0743. The number of amides is 1. The number of aromatic nitrogens is 3. The van der Waals surface area contributed by atoms with Crippen LogP contribution in [-0.2, 0) is 11.4 Å². The van der Waals surface area contributed by atoms with Gasteiger partial charge in [0.2, 0.25) is 4.90 Å². The second kappa shape index (κ2) is 10.6. The normalized spacial score (nSPS) is 17.0. The summed E-state index contributed by atoms with van der Waals surface area (Å²) in [5.74, 6) is -1.19. The summed E-state index contributed by atoms with van der Waals surface area (Å²) >= 11 is 4.26. The van der Waals surface area contributed by atoms with Gasteiger partial charge < -0.3 is 19.7 Å². The molecule has 0 saturated carbocycles. The molecule has 1 amide bonds. The Morgan fingerprint density at radius 3 is 2.78 bits per heavy atom. The van der Waals surface area contributed by atoms with Crippen molar-refractivity contribution < 1.29 is 23.6 Å². The lowest BCUT2D eigenvalue weighted by Crippen LogP contribution is -2.33. The number of aromatic hydroxyl groups is 1. The molecule has 1 aliphatic heterocycles. The molecular formula is C29H23ClFN5O4S. The average Bonchev–Trinajstić information content (AvgIpc) is 3.38. The number of phenols is 1. The van der Waals surface area contributed by atoms with E-state index in [2.05, 4.69) is 20.4 Å². The van der Waals surface area contributed by atoms with Crippen molar-refractivity contribution in [1.29, 1.82) is 0 Å². The molecule has 12 heteroatoms. The number of carbonyl (C=O) groups is 1. The average molecular weight is 592 g/mol. The van der Waals surface area contributed by atoms with Gasteiger partial charge in [-0.1, -0.05) is 40.6 Å². The lowest BCUT2D eigenvalue weighted by molar-refractivity contribution is 0.0932. The standard InChI is InChI=1S/C29H23ClFN5O4S/c1-15-7-8-26-19(9-15)18-12-23(21(31)13-20(18)30)34-41(39)27-11-17(29(38)32-14-16(2)40-26)10-25(28(27)37)36-24-6-4-3-5-22(24)33-35-36/h3-13,16,34,37H,14H2,1-2H3,(H,32,38). The third-order valence-corrected chi connectivity index (χ3v) is 8.09. The Morgan fingerprint density at radius 2 is 1.95 bits per heavy atom. The predicted octanol–water partition coefficient (Wildman–Crippen LogP) is 5.54. The molecular weight excluding hydrogens is 569 g/mol. The molecule has 5 aromatic rings. The fraction of sp³-hybridized carbons (Fsp3) is 0.138. The topological polar surface area (TPSA) is 124 Å². The lowest BCUT2D eigenvalue weighted by Gasteiger charge is -2.19. The maximum absolute atomic E-state index is 15.1. The van der Waals surface area contributed by atoms with Crippen molar-refractivity contribution in [1.82, 2.24) is 20.3 Å². The van der Waals surface area contributed by atoms with Gasteiger partial charge in [-0.05, 0) is 56.3 Å². The number of halogens is 2. The summed E-state index contributed by atoms with van der Waals surface area (Å²) in [6.07, 6.45) is -0.466. The van der Waals surface area contributed by atoms with Crippen LogP contribution in [0.3, 0.4) is 0 Å². The summed E-state index contributed by atoms with van der Waals surface area (Å²) in [5, 5.41) is 22.5. The minimum Gasteiger partial charge on any atom is -0.588 e. The number of hydrogen-bond acceptors (Lipinski definition) is 7. The van der Waals surface area contributed by atoms with Crippen LogP contribution in [0, 0.1) is 12.7 Å². The zero-order valence-electron chi connectivity index (χ0n) is 21.8. The fourth-order valence-corrected chi connectivity index (χ4v) is 5.85. The summed E-state index contributed by atoms with van der Waals surface area (Å²) < 4.78 is 39.0. The van der Waals surface area contributed by atoms with Gasteiger partial charge in [0.05, 0.1) is 17.1 Å². The number of nitrogens with one attached hydrogen (secondary N) is 2. The Bertz CT molecular complexity index is 1830. The minimum atomic E-state index is -2.22. The summed E-state index contributed by atoms with van der Waals surface area (Å²) in [4.78, 5) is 13.2. The number of benzene rings is 4. The van der Waals surface area contributed by atoms with E-state index in [4.69, 9.17) is 16.3 Å². The fourth-order valence-electron chi connectivity index (χ4n) is 4.62. The number of nitrogens with zero attached hydrogens (tertiary/aromatic N) is 3. The highest BCUT2D eigenvalue weighted by molar-refractivity contribution is 7.92. The first-order chi connectivity index (χ1) is 19.7. The van der Waals surface area contributed by atoms with E-state index >= 15 is 4.39 Å². The molecule has 9 nitrogen and oxygen atoms in total. The Balaban J connectivity index is 1.53. The first-order valence-electron chi connectivity index (χ1n) is 12.6. The number of aryl methyl sites for hydroxylation is 1. The number of carbonyl (C=O) groups excluding carboxylic acids is 1. The highest BCUT2D eigenvalue weighted by atomic mass is 35.5. The van der Waals surface area contributed by atoms with Gasteiger partial charge >= 0.3 is 0 Å². The van der Waals surface area contributed by atoms with Crippen LogP contribution in [0.1, 0.15) is 22.8 Å². The van der Waals surface area contributed by atoms with Crippen LogP contribution in [0.25, 0.3) is 27.8 Å². The molecule has 2 unspecified atom stereocenters. The van der Waals surface area contributed by atoms with E-state index in [1.54, 1.807) is 37.3 Å². The third kappa shape index (κ3) is 5.03. The van der Waals surface area contributed by atoms with Crippen LogP contribution >= 0.6 is 11.6 Å². The van der Waals surface area contributed by atoms with E-state index in [1.165, 1.54) is 22.9 Å². The summed E-state index contributed by atoms with van der Waals surface area (Å²) in [5.41, 5.74) is 3.12. The van der Waals surface area contributed by atoms with Gasteiger partial charge in [0.25, 0.3) is 5.91 Å². The summed E-state index contributed by atoms with van der Waals surface area (Å²) in [6.45, 7) is 3.83. The molecule has 3 N–H and O–H groups in total. The van der Waals surface area contributed by atoms with Crippen molar-refractivity contribution in [3.63, 3.8) is 0 Å². The van der Waals surface area contributed by atoms with Crippen LogP contribution in [0.2, 0.25) is 5.02 Å². The van der Waals surface area contributed by atoms with Gasteiger partial charge in [0, 0.05) is 22.8 Å². The smallest absolute Gasteiger partial charge is 0.251 e. The van der Waals surface area contributed by atoms with E-state index in [-0.39, 0.29) is 33.4 Å². The van der Waals surface area contributed by atoms with Crippen molar-refractivity contribution in [3.05, 3.63) is 88.7 Å². The highest BCUT2D eigenvalue weighted by Crippen LogP contribution is 2.40. The van der Waals surface area contributed by atoms with E-state index in [0.717, 1.165) is 11.6 Å². The number of ether oxygens (including phenoxy) is 1. The number of fused-ring (bicyclic) bond motifs is 7. The van der Waals surface area contributed by atoms with Gasteiger partial charge in [0.15, 0.2) is 11.6 Å². The molecule has 208 valence electrons. The number of para-hydroxylation sites is 1. The largest absolute Gasteiger partial charge is 0.588 e. The molecule has 2 atom stereocenters. The van der Waals surface area contributed by atoms with E-state index in [9.17, 15) is 14.5 Å². The number of anilines is 1. The Kier molecular flexibility index (Phi) is 6.94. The van der Waals surface area contributed by atoms with Crippen molar-refractivity contribution in [2.75, 3.05) is 11.3 Å². The van der Waals surface area contributed by atoms with Gasteiger partial charge in [-0.25, -0.2) is 13.8 Å². The Morgan fingerprint density at radius 1 is 1.15 bits per heavy atom. The van der Waals surface area contributed by atoms with Gasteiger partial charge in [-0.2, -0.15) is 0 Å². The molecule has 0 spiro atoms. The van der Waals surface area contributed by atoms with Crippen molar-refractivity contribution in [2.45, 2.75) is 24.8 Å². The molecule has 0 aliphatic carbocycles. The Labute approximate surface area is 242 Å². The molecule has 2 heterocycles. The molecule has 4 aromatic carbocycles. The number of phenolic OH excluding ortho intramolecular Hbond substituents is 1. The molecule has 4 bridgehead atoms. The van der Waals surface area contributed by atoms with E-state index < -0.39 is 34.9 Å². The number of rotatable bonds is 1. The Hall–Kier alpha value is -4.32. The first-order valence-corrected chi connectivity index (χ1v) is 14.1. The number of hydrogen-bond donors (Lipinski definition) is 3. The quantitative estimate of drug-likeness (QED) is 0.219. The second-order valence-corrected chi connectivity index (χ2v) is 11.2. The van der Waals surface area contributed by atoms with Crippen LogP contribution in [0.5, 0.6) is 11.5 Å². The zero-order chi connectivity index (χ0) is 28.8. The zero-order valence-corrected chi connectivity index (χ0v) is 23.4. The van der Waals surface area contributed by atoms with Crippen LogP contribution < -0.4 is 14.8 Å². The maximum atomic E-state index is 15.1. The monoisotopic (exact) mass is 591 g/mol. The SMILES string of the molecule is Cc1ccc2c(c1)-c1cc(c(F)cc1Cl)N[S+]([O-])c1cc(cc(-n3nnc4ccccc43)c1O)C(=O)NCC(C)O2. The molecule has 0 radical (unpaired) electrons. The summed E-state index contributed by atoms with van der Waals surface area (Å²) in [6, 6.07) is 17.8. The lowest BCUT2D eigenvalue weighted by atomic mass is 10.0. The molecule has 1 aromatic heterocycles. The van der Waals surface area contributed by atoms with Crippen molar-refractivity contribution in [3.8, 4) is 28.3 Å². The van der Waals surface area contributed by atoms with E-state index in [0.29, 0.717) is 27.9 Å². The van der Waals surface area contributed by atoms with Crippen LogP contribution in [0.15, 0.2) is 71.6 Å². The predicted molar refractivity (Wildman–Crippen MR) is 155 cm³/mol. The molecule has 0 saturated heterocycles. The van der Waals surface area contributed by atoms with Crippen molar-refractivity contribution >= 4 is 45.6 Å². The van der Waals surface area contributed by atoms with Gasteiger partial charge in [-0.15, -0.1) is 5.10 Å². The highest BCUT2D eigenvalue weighted by Gasteiger charge is 2.28. The van der Waals surface area contributed by atoms with Crippen LogP contribution in [-0.4, -0.2) is 43.2 Å². The molecule has 1 aliphatic rings. The molecule has 0 fully saturated rings.